The fraction of sp³-hybridized carbons (Fsp3) is 0.769. The lowest BCUT2D eigenvalue weighted by molar-refractivity contribution is -0.114. The first-order valence-electron chi connectivity index (χ1n) is 6.09. The summed E-state index contributed by atoms with van der Waals surface area (Å²) in [6.45, 7) is 0. The van der Waals surface area contributed by atoms with Crippen LogP contribution in [0.15, 0.2) is 11.6 Å². The van der Waals surface area contributed by atoms with Gasteiger partial charge in [0.15, 0.2) is 5.78 Å². The van der Waals surface area contributed by atoms with E-state index in [2.05, 4.69) is 0 Å². The van der Waals surface area contributed by atoms with Gasteiger partial charge in [0.2, 0.25) is 0 Å². The Hall–Kier alpha value is -0.590. The third-order valence-corrected chi connectivity index (χ3v) is 4.47. The zero-order valence-electron chi connectivity index (χ0n) is 8.67. The van der Waals surface area contributed by atoms with Gasteiger partial charge in [0.1, 0.15) is 0 Å². The van der Waals surface area contributed by atoms with E-state index in [4.69, 9.17) is 0 Å². The van der Waals surface area contributed by atoms with Crippen molar-refractivity contribution in [2.75, 3.05) is 0 Å². The van der Waals surface area contributed by atoms with E-state index in [9.17, 15) is 4.79 Å². The van der Waals surface area contributed by atoms with E-state index < -0.39 is 0 Å². The molecule has 3 rings (SSSR count). The minimum absolute atomic E-state index is 0.399. The first-order chi connectivity index (χ1) is 6.84. The molecule has 14 heavy (non-hydrogen) atoms. The summed E-state index contributed by atoms with van der Waals surface area (Å²) in [6, 6.07) is 0. The number of allylic oxidation sites excluding steroid dienone is 2. The zero-order valence-corrected chi connectivity index (χ0v) is 8.67. The number of hydrogen-bond donors (Lipinski definition) is 0. The Balaban J connectivity index is 1.88. The van der Waals surface area contributed by atoms with Gasteiger partial charge in [0.05, 0.1) is 0 Å². The van der Waals surface area contributed by atoms with Crippen LogP contribution in [0, 0.1) is 17.8 Å². The summed E-state index contributed by atoms with van der Waals surface area (Å²) >= 11 is 0. The van der Waals surface area contributed by atoms with Gasteiger partial charge in [-0.15, -0.1) is 0 Å². The molecule has 3 atom stereocenters. The molecule has 0 N–H and O–H groups in total. The van der Waals surface area contributed by atoms with Gasteiger partial charge in [0, 0.05) is 6.42 Å². The standard InChI is InChI=1S/C13H18O/c14-11-7-10-6-5-9-3-1-2-4-12(9)13(10)8-11/h8-10,12H,1-7H2. The Morgan fingerprint density at radius 1 is 1.07 bits per heavy atom. The lowest BCUT2D eigenvalue weighted by Gasteiger charge is -2.39. The summed E-state index contributed by atoms with van der Waals surface area (Å²) in [6.07, 6.45) is 11.1. The van der Waals surface area contributed by atoms with Crippen LogP contribution in [0.2, 0.25) is 0 Å². The minimum Gasteiger partial charge on any atom is -0.295 e. The van der Waals surface area contributed by atoms with Gasteiger partial charge in [-0.2, -0.15) is 0 Å². The summed E-state index contributed by atoms with van der Waals surface area (Å²) in [5.41, 5.74) is 1.55. The maximum Gasteiger partial charge on any atom is 0.156 e. The highest BCUT2D eigenvalue weighted by Crippen LogP contribution is 2.48. The number of hydrogen-bond acceptors (Lipinski definition) is 1. The van der Waals surface area contributed by atoms with Gasteiger partial charge in [-0.25, -0.2) is 0 Å². The molecule has 2 fully saturated rings. The molecule has 3 unspecified atom stereocenters. The molecule has 76 valence electrons. The molecule has 0 amide bonds. The second-order valence-corrected chi connectivity index (χ2v) is 5.24. The highest BCUT2D eigenvalue weighted by molar-refractivity contribution is 5.93. The maximum absolute atomic E-state index is 11.4. The lowest BCUT2D eigenvalue weighted by atomic mass is 9.65. The van der Waals surface area contributed by atoms with Crippen molar-refractivity contribution >= 4 is 5.78 Å². The fourth-order valence-corrected chi connectivity index (χ4v) is 3.81. The Morgan fingerprint density at radius 3 is 2.86 bits per heavy atom. The van der Waals surface area contributed by atoms with Gasteiger partial charge < -0.3 is 0 Å². The van der Waals surface area contributed by atoms with E-state index in [1.54, 1.807) is 5.57 Å². The predicted octanol–water partition coefficient (Wildman–Crippen LogP) is 3.10. The van der Waals surface area contributed by atoms with Crippen molar-refractivity contribution in [3.05, 3.63) is 11.6 Å². The Morgan fingerprint density at radius 2 is 1.93 bits per heavy atom. The fourth-order valence-electron chi connectivity index (χ4n) is 3.81. The van der Waals surface area contributed by atoms with Crippen molar-refractivity contribution in [2.45, 2.75) is 44.9 Å². The van der Waals surface area contributed by atoms with E-state index in [1.165, 1.54) is 38.5 Å². The first-order valence-corrected chi connectivity index (χ1v) is 6.09. The van der Waals surface area contributed by atoms with Crippen LogP contribution >= 0.6 is 0 Å². The smallest absolute Gasteiger partial charge is 0.156 e. The third kappa shape index (κ3) is 1.25. The Kier molecular flexibility index (Phi) is 2.00. The number of ketones is 1. The summed E-state index contributed by atoms with van der Waals surface area (Å²) in [5.74, 6) is 2.78. The van der Waals surface area contributed by atoms with Crippen LogP contribution in [0.3, 0.4) is 0 Å². The topological polar surface area (TPSA) is 17.1 Å². The van der Waals surface area contributed by atoms with E-state index >= 15 is 0 Å². The molecule has 0 aromatic heterocycles. The van der Waals surface area contributed by atoms with Crippen LogP contribution in [0.4, 0.5) is 0 Å². The summed E-state index contributed by atoms with van der Waals surface area (Å²) < 4.78 is 0. The van der Waals surface area contributed by atoms with Gasteiger partial charge in [-0.3, -0.25) is 4.79 Å². The molecular weight excluding hydrogens is 172 g/mol. The third-order valence-electron chi connectivity index (χ3n) is 4.47. The van der Waals surface area contributed by atoms with Gasteiger partial charge in [-0.1, -0.05) is 18.4 Å². The summed E-state index contributed by atoms with van der Waals surface area (Å²) in [7, 11) is 0. The summed E-state index contributed by atoms with van der Waals surface area (Å²) in [5, 5.41) is 0. The van der Waals surface area contributed by atoms with Crippen molar-refractivity contribution in [3.63, 3.8) is 0 Å². The monoisotopic (exact) mass is 190 g/mol. The first kappa shape index (κ1) is 8.70. The second-order valence-electron chi connectivity index (χ2n) is 5.24. The molecular formula is C13H18O. The van der Waals surface area contributed by atoms with Crippen molar-refractivity contribution in [1.82, 2.24) is 0 Å². The normalized spacial score (nSPS) is 41.6. The lowest BCUT2D eigenvalue weighted by Crippen LogP contribution is -2.28. The molecule has 0 aromatic rings. The quantitative estimate of drug-likeness (QED) is 0.573. The molecule has 2 saturated carbocycles. The van der Waals surface area contributed by atoms with E-state index in [0.717, 1.165) is 18.3 Å². The molecule has 0 heterocycles. The van der Waals surface area contributed by atoms with Crippen molar-refractivity contribution in [2.24, 2.45) is 17.8 Å². The largest absolute Gasteiger partial charge is 0.295 e. The molecule has 0 saturated heterocycles. The molecule has 1 nitrogen and oxygen atoms in total. The van der Waals surface area contributed by atoms with Crippen molar-refractivity contribution in [3.8, 4) is 0 Å². The molecule has 3 aliphatic carbocycles. The van der Waals surface area contributed by atoms with E-state index in [0.29, 0.717) is 11.7 Å². The number of rotatable bonds is 0. The van der Waals surface area contributed by atoms with Crippen molar-refractivity contribution < 1.29 is 4.79 Å². The predicted molar refractivity (Wildman–Crippen MR) is 55.9 cm³/mol. The molecule has 0 bridgehead atoms. The number of carbonyl (C=O) groups excluding carboxylic acids is 1. The van der Waals surface area contributed by atoms with Gasteiger partial charge in [0.25, 0.3) is 0 Å². The molecule has 0 aromatic carbocycles. The minimum atomic E-state index is 0.399. The molecule has 0 spiro atoms. The van der Waals surface area contributed by atoms with E-state index in [1.807, 2.05) is 6.08 Å². The molecule has 0 radical (unpaired) electrons. The average Bonchev–Trinajstić information content (AvgIpc) is 2.59. The Bertz CT molecular complexity index is 290. The SMILES string of the molecule is O=C1C=C2C(CCC3CCCCC23)C1. The maximum atomic E-state index is 11.4. The van der Waals surface area contributed by atoms with Gasteiger partial charge in [-0.05, 0) is 49.5 Å². The van der Waals surface area contributed by atoms with Crippen LogP contribution in [0.5, 0.6) is 0 Å². The van der Waals surface area contributed by atoms with Crippen LogP contribution in [0.25, 0.3) is 0 Å². The number of fused-ring (bicyclic) bond motifs is 3. The number of carbonyl (C=O) groups is 1. The highest BCUT2D eigenvalue weighted by Gasteiger charge is 2.39. The highest BCUT2D eigenvalue weighted by atomic mass is 16.1. The molecule has 3 aliphatic rings. The zero-order chi connectivity index (χ0) is 9.54. The van der Waals surface area contributed by atoms with E-state index in [-0.39, 0.29) is 0 Å². The Labute approximate surface area is 85.6 Å². The van der Waals surface area contributed by atoms with Crippen molar-refractivity contribution in [1.29, 1.82) is 0 Å². The summed E-state index contributed by atoms with van der Waals surface area (Å²) in [4.78, 5) is 11.4. The molecule has 0 aliphatic heterocycles. The second kappa shape index (κ2) is 3.22. The van der Waals surface area contributed by atoms with Crippen LogP contribution in [0.1, 0.15) is 44.9 Å². The van der Waals surface area contributed by atoms with Crippen LogP contribution in [-0.2, 0) is 4.79 Å². The van der Waals surface area contributed by atoms with Crippen LogP contribution in [-0.4, -0.2) is 5.78 Å². The molecule has 1 heteroatoms. The average molecular weight is 190 g/mol. The van der Waals surface area contributed by atoms with Gasteiger partial charge >= 0.3 is 0 Å². The van der Waals surface area contributed by atoms with Crippen LogP contribution < -0.4 is 0 Å².